The molecule has 2 saturated carbocycles. The molecule has 7 nitrogen and oxygen atoms in total. The highest BCUT2D eigenvalue weighted by Gasteiger charge is 2.38. The van der Waals surface area contributed by atoms with Gasteiger partial charge in [-0.3, -0.25) is 14.4 Å². The third-order valence-corrected chi connectivity index (χ3v) is 8.10. The number of carbonyl (C=O) groups is 3. The van der Waals surface area contributed by atoms with Crippen molar-refractivity contribution in [3.63, 3.8) is 0 Å². The summed E-state index contributed by atoms with van der Waals surface area (Å²) >= 11 is 0. The van der Waals surface area contributed by atoms with Crippen molar-refractivity contribution in [2.75, 3.05) is 6.54 Å². The van der Waals surface area contributed by atoms with Gasteiger partial charge in [-0.1, -0.05) is 12.2 Å². The van der Waals surface area contributed by atoms with Crippen LogP contribution in [0.3, 0.4) is 0 Å². The molecule has 7 heteroatoms. The second kappa shape index (κ2) is 15.3. The van der Waals surface area contributed by atoms with Crippen molar-refractivity contribution in [1.82, 2.24) is 0 Å². The minimum Gasteiger partial charge on any atom is -0.481 e. The molecule has 0 radical (unpaired) electrons. The first-order valence-corrected chi connectivity index (χ1v) is 13.8. The molecule has 0 aliphatic heterocycles. The number of rotatable bonds is 12. The molecule has 0 bridgehead atoms. The van der Waals surface area contributed by atoms with Gasteiger partial charge >= 0.3 is 17.9 Å². The van der Waals surface area contributed by atoms with Crippen molar-refractivity contribution < 1.29 is 29.3 Å². The van der Waals surface area contributed by atoms with E-state index >= 15 is 0 Å². The lowest BCUT2D eigenvalue weighted by molar-refractivity contribution is -0.156. The molecule has 0 amide bonds. The first kappa shape index (κ1) is 32.9. The molecule has 0 heterocycles. The molecule has 0 aromatic carbocycles. The van der Waals surface area contributed by atoms with Crippen LogP contribution < -0.4 is 5.73 Å². The fraction of sp³-hybridized carbons (Fsp3) is 0.767. The summed E-state index contributed by atoms with van der Waals surface area (Å²) in [7, 11) is 0. The minimum atomic E-state index is -0.772. The van der Waals surface area contributed by atoms with Gasteiger partial charge in [-0.15, -0.1) is 13.2 Å². The Morgan fingerprint density at radius 3 is 1.62 bits per heavy atom. The highest BCUT2D eigenvalue weighted by Crippen LogP contribution is 2.46. The number of carboxylic acid groups (broad SMARTS) is 2. The molecule has 0 aromatic rings. The number of aliphatic carboxylic acids is 2. The molecule has 0 atom stereocenters. The van der Waals surface area contributed by atoms with E-state index in [2.05, 4.69) is 13.2 Å². The lowest BCUT2D eigenvalue weighted by Gasteiger charge is -2.39. The Balaban J connectivity index is 0.000000397. The third kappa shape index (κ3) is 12.8. The van der Waals surface area contributed by atoms with E-state index in [1.807, 2.05) is 32.9 Å². The number of hydrogen-bond acceptors (Lipinski definition) is 5. The second-order valence-electron chi connectivity index (χ2n) is 12.4. The molecule has 0 aromatic heterocycles. The Kier molecular flexibility index (Phi) is 13.6. The van der Waals surface area contributed by atoms with Gasteiger partial charge in [-0.05, 0) is 121 Å². The van der Waals surface area contributed by atoms with Gasteiger partial charge in [-0.25, -0.2) is 0 Å². The zero-order valence-electron chi connectivity index (χ0n) is 23.4. The van der Waals surface area contributed by atoms with Crippen molar-refractivity contribution >= 4 is 17.9 Å². The summed E-state index contributed by atoms with van der Waals surface area (Å²) in [6.07, 6.45) is 15.1. The Hall–Kier alpha value is -2.15. The van der Waals surface area contributed by atoms with Crippen LogP contribution in [0.1, 0.15) is 111 Å². The molecule has 212 valence electrons. The van der Waals surface area contributed by atoms with Gasteiger partial charge in [0.1, 0.15) is 5.60 Å². The van der Waals surface area contributed by atoms with E-state index in [-0.39, 0.29) is 29.6 Å². The van der Waals surface area contributed by atoms with E-state index in [0.717, 1.165) is 64.2 Å². The van der Waals surface area contributed by atoms with Crippen LogP contribution in [0.5, 0.6) is 0 Å². The van der Waals surface area contributed by atoms with Gasteiger partial charge in [0.05, 0.1) is 12.8 Å². The van der Waals surface area contributed by atoms with Crippen LogP contribution in [-0.4, -0.2) is 40.3 Å². The van der Waals surface area contributed by atoms with Gasteiger partial charge < -0.3 is 20.7 Å². The number of ether oxygens (including phenoxy) is 1. The van der Waals surface area contributed by atoms with Gasteiger partial charge in [0.25, 0.3) is 0 Å². The van der Waals surface area contributed by atoms with E-state index in [9.17, 15) is 19.5 Å². The molecule has 0 unspecified atom stereocenters. The SMILES string of the molecule is C=CCC1CCC(CCC(=O)OC(C)(C)C)(CC(=O)O)CC1.C=CCC1CCC(CN)(CC(=O)O)CC1. The van der Waals surface area contributed by atoms with E-state index in [1.165, 1.54) is 0 Å². The van der Waals surface area contributed by atoms with Gasteiger partial charge in [0, 0.05) is 6.42 Å². The Labute approximate surface area is 223 Å². The smallest absolute Gasteiger partial charge is 0.306 e. The summed E-state index contributed by atoms with van der Waals surface area (Å²) in [6.45, 7) is 13.6. The Morgan fingerprint density at radius 2 is 1.27 bits per heavy atom. The molecule has 2 fully saturated rings. The van der Waals surface area contributed by atoms with Crippen LogP contribution >= 0.6 is 0 Å². The zero-order chi connectivity index (χ0) is 28.1. The summed E-state index contributed by atoms with van der Waals surface area (Å²) in [4.78, 5) is 33.9. The summed E-state index contributed by atoms with van der Waals surface area (Å²) < 4.78 is 5.34. The topological polar surface area (TPSA) is 127 Å². The number of carbonyl (C=O) groups excluding carboxylic acids is 1. The van der Waals surface area contributed by atoms with E-state index in [1.54, 1.807) is 0 Å². The van der Waals surface area contributed by atoms with E-state index in [4.69, 9.17) is 15.6 Å². The first-order valence-electron chi connectivity index (χ1n) is 13.8. The van der Waals surface area contributed by atoms with Gasteiger partial charge in [0.15, 0.2) is 0 Å². The molecule has 2 aliphatic rings. The highest BCUT2D eigenvalue weighted by molar-refractivity contribution is 5.71. The highest BCUT2D eigenvalue weighted by atomic mass is 16.6. The fourth-order valence-electron chi connectivity index (χ4n) is 5.89. The number of hydrogen-bond donors (Lipinski definition) is 3. The van der Waals surface area contributed by atoms with Crippen LogP contribution in [0.4, 0.5) is 0 Å². The third-order valence-electron chi connectivity index (χ3n) is 8.10. The predicted octanol–water partition coefficient (Wildman–Crippen LogP) is 6.51. The molecule has 2 rings (SSSR count). The van der Waals surface area contributed by atoms with Crippen LogP contribution in [0.25, 0.3) is 0 Å². The Bertz CT molecular complexity index is 753. The zero-order valence-corrected chi connectivity index (χ0v) is 23.4. The maximum Gasteiger partial charge on any atom is 0.306 e. The van der Waals surface area contributed by atoms with Crippen LogP contribution in [-0.2, 0) is 19.1 Å². The van der Waals surface area contributed by atoms with Crippen LogP contribution in [0.2, 0.25) is 0 Å². The summed E-state index contributed by atoms with van der Waals surface area (Å²) in [6, 6.07) is 0. The molecular weight excluding hydrogens is 470 g/mol. The maximum atomic E-state index is 11.9. The van der Waals surface area contributed by atoms with Crippen molar-refractivity contribution in [2.24, 2.45) is 28.4 Å². The van der Waals surface area contributed by atoms with Crippen molar-refractivity contribution in [3.05, 3.63) is 25.3 Å². The van der Waals surface area contributed by atoms with Gasteiger partial charge in [-0.2, -0.15) is 0 Å². The van der Waals surface area contributed by atoms with Crippen LogP contribution in [0.15, 0.2) is 25.3 Å². The van der Waals surface area contributed by atoms with Crippen molar-refractivity contribution in [1.29, 1.82) is 0 Å². The largest absolute Gasteiger partial charge is 0.481 e. The summed E-state index contributed by atoms with van der Waals surface area (Å²) in [5.41, 5.74) is 4.85. The fourth-order valence-corrected chi connectivity index (χ4v) is 5.89. The average molecular weight is 522 g/mol. The maximum absolute atomic E-state index is 11.9. The van der Waals surface area contributed by atoms with Crippen molar-refractivity contribution in [3.8, 4) is 0 Å². The normalized spacial score (nSPS) is 27.8. The molecule has 37 heavy (non-hydrogen) atoms. The lowest BCUT2D eigenvalue weighted by atomic mass is 9.66. The Morgan fingerprint density at radius 1 is 0.865 bits per heavy atom. The molecular formula is C30H51NO6. The van der Waals surface area contributed by atoms with Gasteiger partial charge in [0.2, 0.25) is 0 Å². The molecule has 0 saturated heterocycles. The predicted molar refractivity (Wildman–Crippen MR) is 147 cm³/mol. The standard InChI is InChI=1S/C18H30O4.C12H21NO2/c1-5-6-14-7-10-18(11-8-14,13-15(19)20)12-9-16(21)22-17(2,3)4;1-2-3-10-4-6-12(9-13,7-5-10)8-11(14)15/h5,14H,1,6-13H2,2-4H3,(H,19,20);2,10H,1,3-9,13H2,(H,14,15). The summed E-state index contributed by atoms with van der Waals surface area (Å²) in [5.74, 6) is -0.420. The average Bonchev–Trinajstić information content (AvgIpc) is 2.80. The lowest BCUT2D eigenvalue weighted by Crippen LogP contribution is -2.36. The second-order valence-corrected chi connectivity index (χ2v) is 12.4. The number of nitrogens with two attached hydrogens (primary N) is 1. The minimum absolute atomic E-state index is 0.135. The van der Waals surface area contributed by atoms with Crippen LogP contribution in [0, 0.1) is 22.7 Å². The molecule has 0 spiro atoms. The molecule has 2 aliphatic carbocycles. The van der Waals surface area contributed by atoms with E-state index in [0.29, 0.717) is 31.2 Å². The number of allylic oxidation sites excluding steroid dienone is 2. The summed E-state index contributed by atoms with van der Waals surface area (Å²) in [5, 5.41) is 18.1. The number of carboxylic acids is 2. The number of esters is 1. The monoisotopic (exact) mass is 521 g/mol. The first-order chi connectivity index (χ1) is 17.3. The molecule has 4 N–H and O–H groups in total. The quantitative estimate of drug-likeness (QED) is 0.197. The van der Waals surface area contributed by atoms with Crippen molar-refractivity contribution in [2.45, 2.75) is 116 Å². The van der Waals surface area contributed by atoms with E-state index < -0.39 is 17.5 Å².